The number of carbonyl (C=O) groups excluding carboxylic acids is 1. The van der Waals surface area contributed by atoms with E-state index >= 15 is 0 Å². The summed E-state index contributed by atoms with van der Waals surface area (Å²) in [5.41, 5.74) is 0.387. The number of sulfonamides is 1. The van der Waals surface area contributed by atoms with E-state index in [4.69, 9.17) is 9.15 Å². The molecule has 1 saturated carbocycles. The van der Waals surface area contributed by atoms with Crippen LogP contribution in [0, 0.1) is 5.92 Å². The Kier molecular flexibility index (Phi) is 5.30. The summed E-state index contributed by atoms with van der Waals surface area (Å²) in [5, 5.41) is 2.59. The Hall–Kier alpha value is -2.32. The molecule has 27 heavy (non-hydrogen) atoms. The van der Waals surface area contributed by atoms with Gasteiger partial charge in [-0.1, -0.05) is 6.92 Å². The average Bonchev–Trinajstić information content (AvgIpc) is 3.15. The van der Waals surface area contributed by atoms with Crippen molar-refractivity contribution < 1.29 is 22.4 Å². The van der Waals surface area contributed by atoms with E-state index in [0.717, 1.165) is 12.2 Å². The number of rotatable bonds is 7. The van der Waals surface area contributed by atoms with E-state index in [1.165, 1.54) is 37.5 Å². The molecule has 2 atom stereocenters. The van der Waals surface area contributed by atoms with Gasteiger partial charge in [0.05, 0.1) is 13.7 Å². The van der Waals surface area contributed by atoms with Gasteiger partial charge in [-0.25, -0.2) is 8.42 Å². The SMILES string of the molecule is COc1ccc(NC(C)=O)cc1S(=O)(=O)N(C)Cc1ccc([C@@H]2C[C@@H]2C)o1. The molecule has 1 aliphatic carbocycles. The number of amides is 1. The van der Waals surface area contributed by atoms with Crippen LogP contribution in [0.5, 0.6) is 5.75 Å². The van der Waals surface area contributed by atoms with Crippen molar-refractivity contribution in [3.05, 3.63) is 41.9 Å². The summed E-state index contributed by atoms with van der Waals surface area (Å²) in [5.74, 6) is 2.49. The third kappa shape index (κ3) is 4.17. The number of methoxy groups -OCH3 is 1. The lowest BCUT2D eigenvalue weighted by molar-refractivity contribution is -0.114. The second-order valence-corrected chi connectivity index (χ2v) is 8.94. The lowest BCUT2D eigenvalue weighted by Crippen LogP contribution is -2.27. The van der Waals surface area contributed by atoms with Crippen LogP contribution in [0.2, 0.25) is 0 Å². The van der Waals surface area contributed by atoms with Gasteiger partial charge in [-0.2, -0.15) is 4.31 Å². The molecule has 1 N–H and O–H groups in total. The van der Waals surface area contributed by atoms with E-state index in [2.05, 4.69) is 12.2 Å². The molecule has 1 heterocycles. The second-order valence-electron chi connectivity index (χ2n) is 6.93. The molecule has 0 radical (unpaired) electrons. The number of hydrogen-bond acceptors (Lipinski definition) is 5. The Morgan fingerprint density at radius 1 is 1.33 bits per heavy atom. The highest BCUT2D eigenvalue weighted by molar-refractivity contribution is 7.89. The third-order valence-electron chi connectivity index (χ3n) is 4.71. The van der Waals surface area contributed by atoms with Gasteiger partial charge in [0.15, 0.2) is 0 Å². The normalized spacial score (nSPS) is 19.1. The molecule has 146 valence electrons. The first-order chi connectivity index (χ1) is 12.7. The van der Waals surface area contributed by atoms with Gasteiger partial charge in [-0.15, -0.1) is 0 Å². The Balaban J connectivity index is 1.83. The van der Waals surface area contributed by atoms with Crippen LogP contribution in [0.4, 0.5) is 5.69 Å². The van der Waals surface area contributed by atoms with Gasteiger partial charge in [0.2, 0.25) is 15.9 Å². The van der Waals surface area contributed by atoms with E-state index in [-0.39, 0.29) is 23.1 Å². The van der Waals surface area contributed by atoms with Crippen molar-refractivity contribution >= 4 is 21.6 Å². The van der Waals surface area contributed by atoms with Gasteiger partial charge in [-0.05, 0) is 42.7 Å². The number of furan rings is 1. The summed E-state index contributed by atoms with van der Waals surface area (Å²) in [4.78, 5) is 11.3. The number of ether oxygens (including phenoxy) is 1. The van der Waals surface area contributed by atoms with E-state index in [1.807, 2.05) is 12.1 Å². The molecule has 1 fully saturated rings. The van der Waals surface area contributed by atoms with Crippen LogP contribution >= 0.6 is 0 Å². The number of benzene rings is 1. The fourth-order valence-corrected chi connectivity index (χ4v) is 4.34. The molecule has 0 spiro atoms. The summed E-state index contributed by atoms with van der Waals surface area (Å²) in [6.07, 6.45) is 1.11. The van der Waals surface area contributed by atoms with Crippen LogP contribution in [0.3, 0.4) is 0 Å². The third-order valence-corrected chi connectivity index (χ3v) is 6.53. The minimum Gasteiger partial charge on any atom is -0.495 e. The summed E-state index contributed by atoms with van der Waals surface area (Å²) >= 11 is 0. The van der Waals surface area contributed by atoms with Gasteiger partial charge in [0.1, 0.15) is 22.2 Å². The highest BCUT2D eigenvalue weighted by Gasteiger charge is 2.36. The second kappa shape index (κ2) is 7.36. The fraction of sp³-hybridized carbons (Fsp3) is 0.421. The number of nitrogens with zero attached hydrogens (tertiary/aromatic N) is 1. The molecule has 2 aromatic rings. The lowest BCUT2D eigenvalue weighted by atomic mass is 10.3. The highest BCUT2D eigenvalue weighted by atomic mass is 32.2. The molecule has 1 amide bonds. The van der Waals surface area contributed by atoms with Crippen LogP contribution in [-0.2, 0) is 21.4 Å². The zero-order valence-electron chi connectivity index (χ0n) is 15.9. The molecule has 0 bridgehead atoms. The van der Waals surface area contributed by atoms with Crippen molar-refractivity contribution in [2.75, 3.05) is 19.5 Å². The van der Waals surface area contributed by atoms with Crippen LogP contribution in [0.15, 0.2) is 39.6 Å². The zero-order valence-corrected chi connectivity index (χ0v) is 16.7. The first-order valence-corrected chi connectivity index (χ1v) is 10.2. The van der Waals surface area contributed by atoms with Crippen molar-refractivity contribution in [1.29, 1.82) is 0 Å². The summed E-state index contributed by atoms with van der Waals surface area (Å²) < 4.78 is 38.3. The number of nitrogens with one attached hydrogen (secondary N) is 1. The topological polar surface area (TPSA) is 88.8 Å². The van der Waals surface area contributed by atoms with E-state index < -0.39 is 10.0 Å². The Labute approximate surface area is 159 Å². The zero-order chi connectivity index (χ0) is 19.8. The molecule has 1 aromatic heterocycles. The van der Waals surface area contributed by atoms with E-state index in [9.17, 15) is 13.2 Å². The van der Waals surface area contributed by atoms with Crippen molar-refractivity contribution in [2.24, 2.45) is 5.92 Å². The van der Waals surface area contributed by atoms with Gasteiger partial charge in [-0.3, -0.25) is 4.79 Å². The summed E-state index contributed by atoms with van der Waals surface area (Å²) in [6.45, 7) is 3.63. The maximum atomic E-state index is 13.1. The molecular weight excluding hydrogens is 368 g/mol. The molecule has 0 aliphatic heterocycles. The maximum absolute atomic E-state index is 13.1. The molecule has 8 heteroatoms. The number of hydrogen-bond donors (Lipinski definition) is 1. The van der Waals surface area contributed by atoms with E-state index in [1.54, 1.807) is 6.07 Å². The van der Waals surface area contributed by atoms with Crippen molar-refractivity contribution in [2.45, 2.75) is 37.6 Å². The van der Waals surface area contributed by atoms with Gasteiger partial charge < -0.3 is 14.5 Å². The summed E-state index contributed by atoms with van der Waals surface area (Å²) in [7, 11) is -0.955. The molecule has 0 unspecified atom stereocenters. The molecule has 3 rings (SSSR count). The van der Waals surface area contributed by atoms with Crippen LogP contribution in [0.1, 0.15) is 37.7 Å². The molecule has 1 aromatic carbocycles. The number of anilines is 1. The average molecular weight is 392 g/mol. The van der Waals surface area contributed by atoms with Crippen molar-refractivity contribution in [3.63, 3.8) is 0 Å². The van der Waals surface area contributed by atoms with Crippen molar-refractivity contribution in [3.8, 4) is 5.75 Å². The van der Waals surface area contributed by atoms with Gasteiger partial charge in [0.25, 0.3) is 0 Å². The molecule has 7 nitrogen and oxygen atoms in total. The minimum absolute atomic E-state index is 0.0126. The quantitative estimate of drug-likeness (QED) is 0.782. The monoisotopic (exact) mass is 392 g/mol. The highest BCUT2D eigenvalue weighted by Crippen LogP contribution is 2.47. The van der Waals surface area contributed by atoms with Crippen LogP contribution < -0.4 is 10.1 Å². The standard InChI is InChI=1S/C19H24N2O5S/c1-12-9-16(12)17-8-6-15(26-17)11-21(3)27(23,24)19-10-14(20-13(2)22)5-7-18(19)25-4/h5-8,10,12,16H,9,11H2,1-4H3,(H,20,22)/t12-,16+/m0/s1. The van der Waals surface area contributed by atoms with Crippen LogP contribution in [-0.4, -0.2) is 32.8 Å². The lowest BCUT2D eigenvalue weighted by Gasteiger charge is -2.18. The first-order valence-electron chi connectivity index (χ1n) is 8.73. The largest absolute Gasteiger partial charge is 0.495 e. The smallest absolute Gasteiger partial charge is 0.246 e. The fourth-order valence-electron chi connectivity index (χ4n) is 3.03. The molecule has 1 aliphatic rings. The predicted molar refractivity (Wildman–Crippen MR) is 101 cm³/mol. The van der Waals surface area contributed by atoms with Gasteiger partial charge in [0, 0.05) is 25.6 Å². The Bertz CT molecular complexity index is 951. The predicted octanol–water partition coefficient (Wildman–Crippen LogP) is 3.19. The van der Waals surface area contributed by atoms with Crippen molar-refractivity contribution in [1.82, 2.24) is 4.31 Å². The van der Waals surface area contributed by atoms with Crippen LogP contribution in [0.25, 0.3) is 0 Å². The maximum Gasteiger partial charge on any atom is 0.246 e. The minimum atomic E-state index is -3.85. The van der Waals surface area contributed by atoms with E-state index in [0.29, 0.717) is 23.3 Å². The number of carbonyl (C=O) groups is 1. The van der Waals surface area contributed by atoms with Gasteiger partial charge >= 0.3 is 0 Å². The molecular formula is C19H24N2O5S. The first kappa shape index (κ1) is 19.4. The summed E-state index contributed by atoms with van der Waals surface area (Å²) in [6, 6.07) is 8.24. The Morgan fingerprint density at radius 3 is 2.63 bits per heavy atom. The molecule has 0 saturated heterocycles. The Morgan fingerprint density at radius 2 is 2.04 bits per heavy atom.